The van der Waals surface area contributed by atoms with Crippen molar-refractivity contribution in [3.05, 3.63) is 0 Å². The second-order valence-corrected chi connectivity index (χ2v) is 6.89. The van der Waals surface area contributed by atoms with Gasteiger partial charge in [-0.1, -0.05) is 20.3 Å². The second-order valence-electron chi connectivity index (χ2n) is 6.89. The molecule has 2 saturated heterocycles. The molecule has 0 aromatic rings. The summed E-state index contributed by atoms with van der Waals surface area (Å²) in [5.74, 6) is 1.79. The Labute approximate surface area is 121 Å². The van der Waals surface area contributed by atoms with Crippen molar-refractivity contribution >= 4 is 11.8 Å². The molecule has 112 valence electrons. The van der Waals surface area contributed by atoms with E-state index < -0.39 is 0 Å². The molecule has 1 saturated carbocycles. The zero-order valence-corrected chi connectivity index (χ0v) is 12.7. The maximum atomic E-state index is 12.7. The van der Waals surface area contributed by atoms with Crippen LogP contribution >= 0.6 is 0 Å². The summed E-state index contributed by atoms with van der Waals surface area (Å²) in [7, 11) is 0. The lowest BCUT2D eigenvalue weighted by Crippen LogP contribution is -2.63. The summed E-state index contributed by atoms with van der Waals surface area (Å²) in [6.07, 6.45) is 6.28. The van der Waals surface area contributed by atoms with Crippen LogP contribution in [-0.2, 0) is 9.59 Å². The fourth-order valence-electron chi connectivity index (χ4n) is 4.34. The van der Waals surface area contributed by atoms with Crippen LogP contribution in [0.3, 0.4) is 0 Å². The minimum atomic E-state index is -0.201. The third kappa shape index (κ3) is 2.23. The van der Waals surface area contributed by atoms with Crippen LogP contribution in [0.5, 0.6) is 0 Å². The van der Waals surface area contributed by atoms with Crippen LogP contribution in [0.15, 0.2) is 0 Å². The number of hydrogen-bond donors (Lipinski definition) is 0. The van der Waals surface area contributed by atoms with Gasteiger partial charge >= 0.3 is 0 Å². The largest absolute Gasteiger partial charge is 0.329 e. The van der Waals surface area contributed by atoms with Gasteiger partial charge in [-0.15, -0.1) is 0 Å². The van der Waals surface area contributed by atoms with Crippen molar-refractivity contribution in [1.82, 2.24) is 9.80 Å². The molecule has 0 N–H and O–H groups in total. The Bertz CT molecular complexity index is 409. The molecule has 4 atom stereocenters. The third-order valence-electron chi connectivity index (χ3n) is 5.41. The van der Waals surface area contributed by atoms with Crippen LogP contribution in [0, 0.1) is 11.8 Å². The molecule has 3 aliphatic rings. The maximum absolute atomic E-state index is 12.7. The highest BCUT2D eigenvalue weighted by Crippen LogP contribution is 2.34. The Balaban J connectivity index is 1.76. The van der Waals surface area contributed by atoms with E-state index in [4.69, 9.17) is 0 Å². The Morgan fingerprint density at radius 3 is 2.60 bits per heavy atom. The van der Waals surface area contributed by atoms with Crippen LogP contribution in [0.2, 0.25) is 0 Å². The molecule has 2 heterocycles. The van der Waals surface area contributed by atoms with Gasteiger partial charge in [-0.25, -0.2) is 0 Å². The normalized spacial score (nSPS) is 37.7. The molecule has 0 radical (unpaired) electrons. The van der Waals surface area contributed by atoms with Crippen LogP contribution in [0.4, 0.5) is 0 Å². The van der Waals surface area contributed by atoms with Crippen molar-refractivity contribution in [2.24, 2.45) is 11.8 Å². The topological polar surface area (TPSA) is 40.6 Å². The highest BCUT2D eigenvalue weighted by Gasteiger charge is 2.47. The summed E-state index contributed by atoms with van der Waals surface area (Å²) in [5, 5.41) is 0. The highest BCUT2D eigenvalue weighted by molar-refractivity contribution is 5.97. The number of carbonyl (C=O) groups excluding carboxylic acids is 2. The molecule has 4 nitrogen and oxygen atoms in total. The number of piperazine rings is 1. The molecule has 0 bridgehead atoms. The fourth-order valence-corrected chi connectivity index (χ4v) is 4.34. The summed E-state index contributed by atoms with van der Waals surface area (Å²) in [5.41, 5.74) is 0. The predicted molar refractivity (Wildman–Crippen MR) is 77.0 cm³/mol. The average Bonchev–Trinajstić information content (AvgIpc) is 3.05. The summed E-state index contributed by atoms with van der Waals surface area (Å²) < 4.78 is 0. The first-order valence-electron chi connectivity index (χ1n) is 8.22. The van der Waals surface area contributed by atoms with Crippen LogP contribution in [0.25, 0.3) is 0 Å². The molecule has 4 heteroatoms. The zero-order valence-electron chi connectivity index (χ0n) is 12.7. The lowest BCUT2D eigenvalue weighted by atomic mass is 9.99. The first-order valence-corrected chi connectivity index (χ1v) is 8.22. The number of nitrogens with zero attached hydrogens (tertiary/aromatic N) is 2. The fraction of sp³-hybridized carbons (Fsp3) is 0.875. The summed E-state index contributed by atoms with van der Waals surface area (Å²) in [6.45, 7) is 5.90. The first-order chi connectivity index (χ1) is 9.61. The van der Waals surface area contributed by atoms with Crippen molar-refractivity contribution in [2.75, 3.05) is 13.1 Å². The molecular formula is C16H26N2O2. The molecule has 2 amide bonds. The highest BCUT2D eigenvalue weighted by atomic mass is 16.2. The van der Waals surface area contributed by atoms with Crippen LogP contribution in [-0.4, -0.2) is 46.8 Å². The Morgan fingerprint density at radius 1 is 1.15 bits per heavy atom. The Hall–Kier alpha value is -1.06. The van der Waals surface area contributed by atoms with Gasteiger partial charge in [-0.2, -0.15) is 0 Å². The standard InChI is InChI=1S/C16H26N2O2/c1-3-13-15(19)17-8-4-5-14(17)16(20)18(13)10-12-7-6-11(2)9-12/h11-14H,3-10H2,1-2H3. The van der Waals surface area contributed by atoms with E-state index in [-0.39, 0.29) is 23.9 Å². The van der Waals surface area contributed by atoms with Crippen molar-refractivity contribution in [2.45, 2.75) is 64.5 Å². The van der Waals surface area contributed by atoms with Gasteiger partial charge in [-0.05, 0) is 43.9 Å². The van der Waals surface area contributed by atoms with Crippen LogP contribution < -0.4 is 0 Å². The third-order valence-corrected chi connectivity index (χ3v) is 5.41. The van der Waals surface area contributed by atoms with E-state index in [9.17, 15) is 9.59 Å². The van der Waals surface area contributed by atoms with Gasteiger partial charge in [0.25, 0.3) is 0 Å². The lowest BCUT2D eigenvalue weighted by molar-refractivity contribution is -0.160. The van der Waals surface area contributed by atoms with Crippen molar-refractivity contribution < 1.29 is 9.59 Å². The Kier molecular flexibility index (Phi) is 3.74. The molecule has 3 fully saturated rings. The SMILES string of the molecule is CCC1C(=O)N2CCCC2C(=O)N1CC1CCC(C)C1. The minimum Gasteiger partial charge on any atom is -0.329 e. The molecule has 0 aromatic heterocycles. The molecular weight excluding hydrogens is 252 g/mol. The number of fused-ring (bicyclic) bond motifs is 1. The molecule has 0 spiro atoms. The molecule has 2 aliphatic heterocycles. The molecule has 20 heavy (non-hydrogen) atoms. The number of carbonyl (C=O) groups is 2. The van der Waals surface area contributed by atoms with Gasteiger partial charge in [0.15, 0.2) is 0 Å². The monoisotopic (exact) mass is 278 g/mol. The molecule has 4 unspecified atom stereocenters. The van der Waals surface area contributed by atoms with Gasteiger partial charge in [0, 0.05) is 13.1 Å². The van der Waals surface area contributed by atoms with E-state index in [0.29, 0.717) is 5.92 Å². The molecule has 0 aromatic carbocycles. The minimum absolute atomic E-state index is 0.149. The van der Waals surface area contributed by atoms with E-state index in [1.54, 1.807) is 0 Å². The Morgan fingerprint density at radius 2 is 1.95 bits per heavy atom. The van der Waals surface area contributed by atoms with Crippen molar-refractivity contribution in [1.29, 1.82) is 0 Å². The number of rotatable bonds is 3. The zero-order chi connectivity index (χ0) is 14.3. The van der Waals surface area contributed by atoms with E-state index in [1.807, 2.05) is 16.7 Å². The quantitative estimate of drug-likeness (QED) is 0.792. The van der Waals surface area contributed by atoms with Crippen molar-refractivity contribution in [3.63, 3.8) is 0 Å². The average molecular weight is 278 g/mol. The molecule has 3 rings (SSSR count). The van der Waals surface area contributed by atoms with E-state index in [1.165, 1.54) is 19.3 Å². The molecule has 1 aliphatic carbocycles. The summed E-state index contributed by atoms with van der Waals surface area (Å²) >= 11 is 0. The lowest BCUT2D eigenvalue weighted by Gasteiger charge is -2.43. The van der Waals surface area contributed by atoms with Gasteiger partial charge in [0.2, 0.25) is 11.8 Å². The maximum Gasteiger partial charge on any atom is 0.246 e. The van der Waals surface area contributed by atoms with Gasteiger partial charge < -0.3 is 9.80 Å². The first kappa shape index (κ1) is 13.9. The summed E-state index contributed by atoms with van der Waals surface area (Å²) in [6, 6.07) is -0.350. The van der Waals surface area contributed by atoms with Crippen LogP contribution in [0.1, 0.15) is 52.4 Å². The smallest absolute Gasteiger partial charge is 0.246 e. The number of hydrogen-bond acceptors (Lipinski definition) is 2. The second kappa shape index (κ2) is 5.38. The van der Waals surface area contributed by atoms with Crippen molar-refractivity contribution in [3.8, 4) is 0 Å². The summed E-state index contributed by atoms with van der Waals surface area (Å²) in [4.78, 5) is 29.1. The van der Waals surface area contributed by atoms with Gasteiger partial charge in [-0.3, -0.25) is 9.59 Å². The number of amides is 2. The van der Waals surface area contributed by atoms with E-state index in [0.717, 1.165) is 38.3 Å². The van der Waals surface area contributed by atoms with Gasteiger partial charge in [0.1, 0.15) is 12.1 Å². The van der Waals surface area contributed by atoms with Gasteiger partial charge in [0.05, 0.1) is 0 Å². The predicted octanol–water partition coefficient (Wildman–Crippen LogP) is 2.03. The van der Waals surface area contributed by atoms with E-state index >= 15 is 0 Å². The van der Waals surface area contributed by atoms with E-state index in [2.05, 4.69) is 6.92 Å².